The molecule has 1 aliphatic heterocycles. The van der Waals surface area contributed by atoms with Gasteiger partial charge in [0.15, 0.2) is 9.84 Å². The van der Waals surface area contributed by atoms with Crippen LogP contribution < -0.4 is 5.73 Å². The molecule has 8 nitrogen and oxygen atoms in total. The van der Waals surface area contributed by atoms with Crippen LogP contribution in [0.1, 0.15) is 59.1 Å². The fourth-order valence-corrected chi connectivity index (χ4v) is 4.95. The van der Waals surface area contributed by atoms with Gasteiger partial charge in [-0.3, -0.25) is 9.69 Å². The Hall–Kier alpha value is -2.29. The zero-order chi connectivity index (χ0) is 22.2. The second-order valence-electron chi connectivity index (χ2n) is 8.34. The van der Waals surface area contributed by atoms with E-state index in [9.17, 15) is 23.1 Å². The third-order valence-corrected chi connectivity index (χ3v) is 7.16. The number of nitrogens with two attached hydrogens (primary N) is 1. The van der Waals surface area contributed by atoms with E-state index in [0.29, 0.717) is 5.69 Å². The van der Waals surface area contributed by atoms with Crippen LogP contribution in [0.2, 0.25) is 0 Å². The first-order valence-electron chi connectivity index (χ1n) is 9.64. The summed E-state index contributed by atoms with van der Waals surface area (Å²) in [6, 6.07) is 3.30. The fraction of sp³-hybridized carbons (Fsp3) is 0.600. The molecular formula is C20H30N2O6S. The molecule has 0 radical (unpaired) electrons. The van der Waals surface area contributed by atoms with Crippen molar-refractivity contribution in [1.82, 2.24) is 4.90 Å². The molecule has 1 fully saturated rings. The Bertz CT molecular complexity index is 906. The lowest BCUT2D eigenvalue weighted by Gasteiger charge is -2.36. The van der Waals surface area contributed by atoms with E-state index in [1.54, 1.807) is 27.7 Å². The van der Waals surface area contributed by atoms with Gasteiger partial charge < -0.3 is 15.6 Å². The Morgan fingerprint density at radius 1 is 1.31 bits per heavy atom. The smallest absolute Gasteiger partial charge is 0.410 e. The van der Waals surface area contributed by atoms with Crippen molar-refractivity contribution in [2.75, 3.05) is 18.0 Å². The molecule has 0 unspecified atom stereocenters. The number of nitrogen functional groups attached to an aromatic ring is 1. The molecule has 0 spiro atoms. The van der Waals surface area contributed by atoms with E-state index >= 15 is 0 Å². The molecule has 2 atom stereocenters. The standard InChI is InChI=1S/C20H30N2O6S/c1-6-20(17(23)24)10-11-22(18(25)28-19(3,4)5)16(20)14-12-13(21)8-9-15(14)29(26,27)7-2/h8-9,12,16H,6-7,10-11,21H2,1-5H3,(H,23,24)/t16-,20-/m1/s1. The summed E-state index contributed by atoms with van der Waals surface area (Å²) in [7, 11) is -3.68. The van der Waals surface area contributed by atoms with Crippen LogP contribution in [-0.4, -0.2) is 48.4 Å². The molecule has 29 heavy (non-hydrogen) atoms. The average molecular weight is 427 g/mol. The highest BCUT2D eigenvalue weighted by Crippen LogP contribution is 2.52. The molecule has 162 valence electrons. The second kappa shape index (κ2) is 7.85. The van der Waals surface area contributed by atoms with Crippen molar-refractivity contribution >= 4 is 27.6 Å². The lowest BCUT2D eigenvalue weighted by Crippen LogP contribution is -2.42. The number of carbonyl (C=O) groups is 2. The highest BCUT2D eigenvalue weighted by atomic mass is 32.2. The Balaban J connectivity index is 2.75. The van der Waals surface area contributed by atoms with Gasteiger partial charge in [0.2, 0.25) is 0 Å². The summed E-state index contributed by atoms with van der Waals surface area (Å²) < 4.78 is 31.0. The van der Waals surface area contributed by atoms with Gasteiger partial charge in [0, 0.05) is 12.2 Å². The number of sulfone groups is 1. The molecule has 0 aromatic heterocycles. The molecule has 2 rings (SSSR count). The Morgan fingerprint density at radius 3 is 2.41 bits per heavy atom. The van der Waals surface area contributed by atoms with E-state index in [1.807, 2.05) is 0 Å². The molecule has 1 heterocycles. The lowest BCUT2D eigenvalue weighted by atomic mass is 9.75. The minimum absolute atomic E-state index is 0.00580. The highest BCUT2D eigenvalue weighted by Gasteiger charge is 2.55. The Kier molecular flexibility index (Phi) is 6.23. The van der Waals surface area contributed by atoms with Crippen LogP contribution in [0.4, 0.5) is 10.5 Å². The number of carbonyl (C=O) groups excluding carboxylic acids is 1. The number of ether oxygens (including phenoxy) is 1. The Morgan fingerprint density at radius 2 is 1.93 bits per heavy atom. The predicted octanol–water partition coefficient (Wildman–Crippen LogP) is 3.23. The van der Waals surface area contributed by atoms with Gasteiger partial charge in [-0.05, 0) is 57.4 Å². The van der Waals surface area contributed by atoms with Gasteiger partial charge in [-0.2, -0.15) is 0 Å². The van der Waals surface area contributed by atoms with Crippen molar-refractivity contribution in [3.05, 3.63) is 23.8 Å². The number of likely N-dealkylation sites (tertiary alicyclic amines) is 1. The molecule has 9 heteroatoms. The summed E-state index contributed by atoms with van der Waals surface area (Å²) in [5.41, 5.74) is 4.32. The van der Waals surface area contributed by atoms with Gasteiger partial charge in [0.05, 0.1) is 22.1 Å². The van der Waals surface area contributed by atoms with Crippen molar-refractivity contribution in [1.29, 1.82) is 0 Å². The summed E-state index contributed by atoms with van der Waals surface area (Å²) in [6.45, 7) is 8.52. The second-order valence-corrected chi connectivity index (χ2v) is 10.6. The summed E-state index contributed by atoms with van der Waals surface area (Å²) in [5.74, 6) is -1.24. The van der Waals surface area contributed by atoms with Crippen LogP contribution in [0.3, 0.4) is 0 Å². The summed E-state index contributed by atoms with van der Waals surface area (Å²) in [6.07, 6.45) is -0.281. The van der Waals surface area contributed by atoms with Gasteiger partial charge in [0.25, 0.3) is 0 Å². The van der Waals surface area contributed by atoms with Crippen molar-refractivity contribution < 1.29 is 27.9 Å². The predicted molar refractivity (Wildman–Crippen MR) is 109 cm³/mol. The first-order valence-corrected chi connectivity index (χ1v) is 11.3. The normalized spacial score (nSPS) is 22.5. The summed E-state index contributed by atoms with van der Waals surface area (Å²) >= 11 is 0. The van der Waals surface area contributed by atoms with Crippen molar-refractivity contribution in [3.8, 4) is 0 Å². The van der Waals surface area contributed by atoms with Crippen molar-refractivity contribution in [2.45, 2.75) is 64.0 Å². The van der Waals surface area contributed by atoms with Gasteiger partial charge in [-0.25, -0.2) is 13.2 Å². The van der Waals surface area contributed by atoms with Crippen molar-refractivity contribution in [2.24, 2.45) is 5.41 Å². The van der Waals surface area contributed by atoms with E-state index < -0.39 is 39.0 Å². The number of hydrogen-bond donors (Lipinski definition) is 2. The molecule has 3 N–H and O–H groups in total. The molecule has 0 saturated carbocycles. The van der Waals surface area contributed by atoms with E-state index in [2.05, 4.69) is 0 Å². The zero-order valence-corrected chi connectivity index (χ0v) is 18.4. The number of aliphatic carboxylic acids is 1. The first kappa shape index (κ1) is 23.0. The average Bonchev–Trinajstić information content (AvgIpc) is 3.01. The van der Waals surface area contributed by atoms with Gasteiger partial charge >= 0.3 is 12.1 Å². The third-order valence-electron chi connectivity index (χ3n) is 5.36. The van der Waals surface area contributed by atoms with Crippen molar-refractivity contribution in [3.63, 3.8) is 0 Å². The van der Waals surface area contributed by atoms with E-state index in [0.717, 1.165) is 0 Å². The van der Waals surface area contributed by atoms with Crippen LogP contribution in [-0.2, 0) is 19.4 Å². The maximum Gasteiger partial charge on any atom is 0.410 e. The summed E-state index contributed by atoms with van der Waals surface area (Å²) in [5, 5.41) is 10.1. The van der Waals surface area contributed by atoms with Crippen LogP contribution >= 0.6 is 0 Å². The number of amides is 1. The molecule has 1 amide bonds. The third kappa shape index (κ3) is 4.34. The first-order chi connectivity index (χ1) is 13.3. The van der Waals surface area contributed by atoms with Crippen LogP contribution in [0.15, 0.2) is 23.1 Å². The maximum atomic E-state index is 12.9. The molecule has 0 bridgehead atoms. The van der Waals surface area contributed by atoms with Gasteiger partial charge in [-0.15, -0.1) is 0 Å². The van der Waals surface area contributed by atoms with Gasteiger partial charge in [-0.1, -0.05) is 13.8 Å². The molecule has 1 aromatic carbocycles. The molecule has 0 aliphatic carbocycles. The molecule has 1 aliphatic rings. The largest absolute Gasteiger partial charge is 0.481 e. The van der Waals surface area contributed by atoms with E-state index in [-0.39, 0.29) is 35.6 Å². The monoisotopic (exact) mass is 426 g/mol. The number of hydrogen-bond acceptors (Lipinski definition) is 6. The van der Waals surface area contributed by atoms with E-state index in [4.69, 9.17) is 10.5 Å². The number of carboxylic acids is 1. The number of carboxylic acid groups (broad SMARTS) is 1. The number of rotatable bonds is 5. The van der Waals surface area contributed by atoms with Crippen LogP contribution in [0.25, 0.3) is 0 Å². The molecule has 1 saturated heterocycles. The quantitative estimate of drug-likeness (QED) is 0.692. The zero-order valence-electron chi connectivity index (χ0n) is 17.6. The number of nitrogens with zero attached hydrogens (tertiary/aromatic N) is 1. The number of anilines is 1. The number of benzene rings is 1. The molecule has 1 aromatic rings. The minimum Gasteiger partial charge on any atom is -0.481 e. The topological polar surface area (TPSA) is 127 Å². The van der Waals surface area contributed by atoms with E-state index in [1.165, 1.54) is 30.0 Å². The maximum absolute atomic E-state index is 12.9. The highest BCUT2D eigenvalue weighted by molar-refractivity contribution is 7.91. The van der Waals surface area contributed by atoms with Crippen LogP contribution in [0.5, 0.6) is 0 Å². The lowest BCUT2D eigenvalue weighted by molar-refractivity contribution is -0.151. The summed E-state index contributed by atoms with van der Waals surface area (Å²) in [4.78, 5) is 26.6. The minimum atomic E-state index is -3.68. The van der Waals surface area contributed by atoms with Gasteiger partial charge in [0.1, 0.15) is 5.60 Å². The fourth-order valence-electron chi connectivity index (χ4n) is 3.83. The molecular weight excluding hydrogens is 396 g/mol. The van der Waals surface area contributed by atoms with Crippen LogP contribution in [0, 0.1) is 5.41 Å². The SMILES string of the molecule is CC[C@@]1(C(=O)O)CCN(C(=O)OC(C)(C)C)[C@@H]1c1cc(N)ccc1S(=O)(=O)CC. The Labute approximate surface area is 171 Å².